The van der Waals surface area contributed by atoms with Crippen LogP contribution in [-0.4, -0.2) is 24.7 Å². The van der Waals surface area contributed by atoms with Gasteiger partial charge in [0.05, 0.1) is 5.51 Å². The van der Waals surface area contributed by atoms with Gasteiger partial charge in [0.2, 0.25) is 6.79 Å². The lowest BCUT2D eigenvalue weighted by Gasteiger charge is -2.16. The van der Waals surface area contributed by atoms with Gasteiger partial charge < -0.3 is 14.4 Å². The average Bonchev–Trinajstić information content (AvgIpc) is 3.06. The summed E-state index contributed by atoms with van der Waals surface area (Å²) in [6.45, 7) is 0.225. The first-order valence-corrected chi connectivity index (χ1v) is 6.26. The first-order chi connectivity index (χ1) is 8.75. The fourth-order valence-corrected chi connectivity index (χ4v) is 2.23. The van der Waals surface area contributed by atoms with Crippen molar-refractivity contribution >= 4 is 22.9 Å². The molecule has 2 heterocycles. The number of aromatic nitrogens is 1. The van der Waals surface area contributed by atoms with Crippen LogP contribution in [0, 0.1) is 0 Å². The van der Waals surface area contributed by atoms with E-state index in [0.717, 1.165) is 5.69 Å². The van der Waals surface area contributed by atoms with E-state index in [4.69, 9.17) is 9.47 Å². The second kappa shape index (κ2) is 4.30. The normalized spacial score (nSPS) is 12.5. The van der Waals surface area contributed by atoms with Gasteiger partial charge in [0, 0.05) is 24.2 Å². The van der Waals surface area contributed by atoms with E-state index in [1.165, 1.54) is 16.2 Å². The lowest BCUT2D eigenvalue weighted by Crippen LogP contribution is -2.26. The van der Waals surface area contributed by atoms with E-state index in [1.807, 2.05) is 6.07 Å². The third-order valence-corrected chi connectivity index (χ3v) is 3.29. The molecule has 1 aromatic carbocycles. The molecule has 0 bridgehead atoms. The number of carbonyl (C=O) groups excluding carboxylic acids is 1. The molecule has 0 saturated carbocycles. The van der Waals surface area contributed by atoms with Crippen LogP contribution in [0.2, 0.25) is 0 Å². The van der Waals surface area contributed by atoms with Gasteiger partial charge in [-0.1, -0.05) is 0 Å². The Balaban J connectivity index is 1.88. The Hall–Kier alpha value is -2.08. The molecule has 0 fully saturated rings. The first kappa shape index (κ1) is 11.0. The van der Waals surface area contributed by atoms with E-state index >= 15 is 0 Å². The minimum absolute atomic E-state index is 0.143. The molecule has 0 N–H and O–H groups in total. The highest BCUT2D eigenvalue weighted by atomic mass is 32.1. The van der Waals surface area contributed by atoms with Crippen LogP contribution in [0.1, 0.15) is 10.5 Å². The predicted octanol–water partition coefficient (Wildman–Crippen LogP) is 2.15. The maximum Gasteiger partial charge on any atom is 0.277 e. The largest absolute Gasteiger partial charge is 0.454 e. The molecule has 92 valence electrons. The second-order valence-electron chi connectivity index (χ2n) is 3.78. The number of ether oxygens (including phenoxy) is 2. The van der Waals surface area contributed by atoms with Crippen molar-refractivity contribution in [3.8, 4) is 11.5 Å². The molecular formula is C12H10N2O3S. The van der Waals surface area contributed by atoms with E-state index in [0.29, 0.717) is 17.2 Å². The number of carbonyl (C=O) groups is 1. The van der Waals surface area contributed by atoms with Gasteiger partial charge in [-0.05, 0) is 12.1 Å². The topological polar surface area (TPSA) is 51.7 Å². The molecule has 6 heteroatoms. The van der Waals surface area contributed by atoms with Gasteiger partial charge in [-0.3, -0.25) is 4.79 Å². The molecule has 0 spiro atoms. The molecule has 18 heavy (non-hydrogen) atoms. The summed E-state index contributed by atoms with van der Waals surface area (Å²) in [7, 11) is 1.71. The molecule has 1 aliphatic rings. The van der Waals surface area contributed by atoms with Gasteiger partial charge in [0.1, 0.15) is 5.69 Å². The van der Waals surface area contributed by atoms with Crippen LogP contribution in [0.4, 0.5) is 5.69 Å². The molecular weight excluding hydrogens is 252 g/mol. The zero-order chi connectivity index (χ0) is 12.5. The number of thiazole rings is 1. The molecule has 2 aromatic rings. The van der Waals surface area contributed by atoms with E-state index in [-0.39, 0.29) is 12.7 Å². The fraction of sp³-hybridized carbons (Fsp3) is 0.167. The Morgan fingerprint density at radius 3 is 3.00 bits per heavy atom. The quantitative estimate of drug-likeness (QED) is 0.832. The van der Waals surface area contributed by atoms with Crippen molar-refractivity contribution in [2.45, 2.75) is 0 Å². The lowest BCUT2D eigenvalue weighted by atomic mass is 10.2. The number of amides is 1. The number of anilines is 1. The van der Waals surface area contributed by atoms with E-state index < -0.39 is 0 Å². The number of hydrogen-bond donors (Lipinski definition) is 0. The minimum atomic E-state index is -0.143. The summed E-state index contributed by atoms with van der Waals surface area (Å²) in [6, 6.07) is 5.40. The highest BCUT2D eigenvalue weighted by Crippen LogP contribution is 2.35. The molecule has 0 unspecified atom stereocenters. The summed E-state index contributed by atoms with van der Waals surface area (Å²) in [5.74, 6) is 1.22. The predicted molar refractivity (Wildman–Crippen MR) is 67.4 cm³/mol. The standard InChI is InChI=1S/C12H10N2O3S/c1-14(12(15)9-5-18-6-13-9)8-2-3-10-11(4-8)17-7-16-10/h2-6H,7H2,1H3. The van der Waals surface area contributed by atoms with Gasteiger partial charge in [0.15, 0.2) is 11.5 Å². The van der Waals surface area contributed by atoms with Crippen LogP contribution in [-0.2, 0) is 0 Å². The molecule has 1 aliphatic heterocycles. The van der Waals surface area contributed by atoms with Crippen molar-refractivity contribution in [2.75, 3.05) is 18.7 Å². The highest BCUT2D eigenvalue weighted by molar-refractivity contribution is 7.07. The van der Waals surface area contributed by atoms with Crippen LogP contribution in [0.15, 0.2) is 29.1 Å². The van der Waals surface area contributed by atoms with Crippen molar-refractivity contribution < 1.29 is 14.3 Å². The monoisotopic (exact) mass is 262 g/mol. The van der Waals surface area contributed by atoms with E-state index in [1.54, 1.807) is 30.1 Å². The Labute approximate surface area is 108 Å². The summed E-state index contributed by atoms with van der Waals surface area (Å²) in [5.41, 5.74) is 2.83. The number of nitrogens with zero attached hydrogens (tertiary/aromatic N) is 2. The molecule has 3 rings (SSSR count). The van der Waals surface area contributed by atoms with Gasteiger partial charge in [-0.25, -0.2) is 4.98 Å². The second-order valence-corrected chi connectivity index (χ2v) is 4.49. The van der Waals surface area contributed by atoms with Crippen LogP contribution >= 0.6 is 11.3 Å². The van der Waals surface area contributed by atoms with Crippen LogP contribution in [0.25, 0.3) is 0 Å². The lowest BCUT2D eigenvalue weighted by molar-refractivity contribution is 0.0989. The van der Waals surface area contributed by atoms with Gasteiger partial charge in [-0.2, -0.15) is 0 Å². The Morgan fingerprint density at radius 1 is 1.39 bits per heavy atom. The van der Waals surface area contributed by atoms with Crippen LogP contribution in [0.3, 0.4) is 0 Å². The van der Waals surface area contributed by atoms with Gasteiger partial charge in [0.25, 0.3) is 5.91 Å². The Morgan fingerprint density at radius 2 is 2.22 bits per heavy atom. The maximum atomic E-state index is 12.1. The van der Waals surface area contributed by atoms with Crippen molar-refractivity contribution in [2.24, 2.45) is 0 Å². The highest BCUT2D eigenvalue weighted by Gasteiger charge is 2.19. The number of hydrogen-bond acceptors (Lipinski definition) is 5. The summed E-state index contributed by atoms with van der Waals surface area (Å²) in [4.78, 5) is 17.6. The number of fused-ring (bicyclic) bond motifs is 1. The van der Waals surface area contributed by atoms with Gasteiger partial charge in [-0.15, -0.1) is 11.3 Å². The van der Waals surface area contributed by atoms with Gasteiger partial charge >= 0.3 is 0 Å². The smallest absolute Gasteiger partial charge is 0.277 e. The Bertz CT molecular complexity index is 583. The van der Waals surface area contributed by atoms with E-state index in [9.17, 15) is 4.79 Å². The maximum absolute atomic E-state index is 12.1. The Kier molecular flexibility index (Phi) is 2.64. The average molecular weight is 262 g/mol. The molecule has 5 nitrogen and oxygen atoms in total. The summed E-state index contributed by atoms with van der Waals surface area (Å²) < 4.78 is 10.5. The molecule has 0 saturated heterocycles. The van der Waals surface area contributed by atoms with Crippen LogP contribution < -0.4 is 14.4 Å². The summed E-state index contributed by atoms with van der Waals surface area (Å²) >= 11 is 1.40. The summed E-state index contributed by atoms with van der Waals surface area (Å²) in [6.07, 6.45) is 0. The molecule has 1 amide bonds. The third-order valence-electron chi connectivity index (χ3n) is 2.70. The van der Waals surface area contributed by atoms with Crippen molar-refractivity contribution in [1.82, 2.24) is 4.98 Å². The fourth-order valence-electron chi connectivity index (χ4n) is 1.70. The summed E-state index contributed by atoms with van der Waals surface area (Å²) in [5, 5.41) is 1.73. The molecule has 0 atom stereocenters. The minimum Gasteiger partial charge on any atom is -0.454 e. The van der Waals surface area contributed by atoms with Crippen molar-refractivity contribution in [3.63, 3.8) is 0 Å². The van der Waals surface area contributed by atoms with Crippen molar-refractivity contribution in [1.29, 1.82) is 0 Å². The zero-order valence-electron chi connectivity index (χ0n) is 9.62. The third kappa shape index (κ3) is 1.80. The van der Waals surface area contributed by atoms with Crippen LogP contribution in [0.5, 0.6) is 11.5 Å². The number of benzene rings is 1. The molecule has 1 aromatic heterocycles. The molecule has 0 radical (unpaired) electrons. The molecule has 0 aliphatic carbocycles. The first-order valence-electron chi connectivity index (χ1n) is 5.31. The number of rotatable bonds is 2. The van der Waals surface area contributed by atoms with E-state index in [2.05, 4.69) is 4.98 Å². The SMILES string of the molecule is CN(C(=O)c1cscn1)c1ccc2c(c1)OCO2. The van der Waals surface area contributed by atoms with Crippen molar-refractivity contribution in [3.05, 3.63) is 34.8 Å². The zero-order valence-corrected chi connectivity index (χ0v) is 10.4.